The van der Waals surface area contributed by atoms with Crippen molar-refractivity contribution in [1.29, 1.82) is 0 Å². The van der Waals surface area contributed by atoms with Crippen molar-refractivity contribution in [1.82, 2.24) is 10.3 Å². The van der Waals surface area contributed by atoms with Gasteiger partial charge in [0, 0.05) is 18.4 Å². The number of carbonyl (C=O) groups excluding carboxylic acids is 1. The van der Waals surface area contributed by atoms with Gasteiger partial charge in [0.15, 0.2) is 0 Å². The summed E-state index contributed by atoms with van der Waals surface area (Å²) in [6, 6.07) is -0.124. The summed E-state index contributed by atoms with van der Waals surface area (Å²) in [5, 5.41) is 12.0. The first kappa shape index (κ1) is 13.9. The number of nitrogens with two attached hydrogens (primary N) is 1. The summed E-state index contributed by atoms with van der Waals surface area (Å²) in [5.74, 6) is -0.288. The monoisotopic (exact) mass is 301 g/mol. The molecule has 1 rings (SSSR count). The van der Waals surface area contributed by atoms with Gasteiger partial charge in [0.25, 0.3) is 5.91 Å². The van der Waals surface area contributed by atoms with Crippen molar-refractivity contribution >= 4 is 27.5 Å². The molecule has 5 nitrogen and oxygen atoms in total. The Bertz CT molecular complexity index is 410. The molecule has 0 saturated heterocycles. The summed E-state index contributed by atoms with van der Waals surface area (Å²) >= 11 is 3.21. The van der Waals surface area contributed by atoms with Crippen LogP contribution in [0.25, 0.3) is 0 Å². The number of amides is 1. The number of carbonyl (C=O) groups is 1. The molecular formula is C11H16BrN3O2. The molecule has 0 aromatic carbocycles. The van der Waals surface area contributed by atoms with Gasteiger partial charge >= 0.3 is 0 Å². The second kappa shape index (κ2) is 5.97. The molecule has 94 valence electrons. The number of halogens is 1. The van der Waals surface area contributed by atoms with Gasteiger partial charge in [-0.2, -0.15) is 0 Å². The van der Waals surface area contributed by atoms with E-state index in [2.05, 4.69) is 26.2 Å². The number of anilines is 1. The number of pyridine rings is 1. The minimum absolute atomic E-state index is 0.124. The van der Waals surface area contributed by atoms with Crippen LogP contribution in [0, 0.1) is 0 Å². The lowest BCUT2D eigenvalue weighted by Gasteiger charge is -2.16. The van der Waals surface area contributed by atoms with Crippen LogP contribution in [0.5, 0.6) is 0 Å². The first-order valence-electron chi connectivity index (χ1n) is 5.29. The number of aliphatic hydroxyl groups excluding tert-OH is 1. The fourth-order valence-corrected chi connectivity index (χ4v) is 1.83. The Hall–Kier alpha value is -1.14. The highest BCUT2D eigenvalue weighted by Gasteiger charge is 2.15. The zero-order valence-corrected chi connectivity index (χ0v) is 11.4. The van der Waals surface area contributed by atoms with E-state index in [4.69, 9.17) is 5.73 Å². The molecule has 1 aromatic heterocycles. The summed E-state index contributed by atoms with van der Waals surface area (Å²) < 4.78 is 0.591. The maximum absolute atomic E-state index is 11.9. The number of nitrogen functional groups attached to an aromatic ring is 1. The van der Waals surface area contributed by atoms with Crippen molar-refractivity contribution in [3.05, 3.63) is 22.4 Å². The average Bonchev–Trinajstić information content (AvgIpc) is 2.20. The summed E-state index contributed by atoms with van der Waals surface area (Å²) in [4.78, 5) is 15.8. The molecule has 1 amide bonds. The molecule has 0 fully saturated rings. The quantitative estimate of drug-likeness (QED) is 0.782. The van der Waals surface area contributed by atoms with Crippen LogP contribution in [0.1, 0.15) is 30.6 Å². The van der Waals surface area contributed by atoms with Crippen LogP contribution < -0.4 is 11.1 Å². The largest absolute Gasteiger partial charge is 0.397 e. The van der Waals surface area contributed by atoms with Crippen LogP contribution >= 0.6 is 15.9 Å². The van der Waals surface area contributed by atoms with Crippen LogP contribution in [0.15, 0.2) is 16.9 Å². The lowest BCUT2D eigenvalue weighted by Crippen LogP contribution is -2.35. The average molecular weight is 302 g/mol. The van der Waals surface area contributed by atoms with Gasteiger partial charge in [-0.25, -0.2) is 0 Å². The lowest BCUT2D eigenvalue weighted by molar-refractivity contribution is 0.0923. The molecule has 6 heteroatoms. The molecule has 0 aliphatic carbocycles. The van der Waals surface area contributed by atoms with E-state index in [9.17, 15) is 9.90 Å². The van der Waals surface area contributed by atoms with Gasteiger partial charge in [0.1, 0.15) is 0 Å². The van der Waals surface area contributed by atoms with Gasteiger partial charge in [0.05, 0.1) is 21.8 Å². The normalized spacial score (nSPS) is 14.1. The highest BCUT2D eigenvalue weighted by molar-refractivity contribution is 9.10. The second-order valence-electron chi connectivity index (χ2n) is 4.04. The topological polar surface area (TPSA) is 88.2 Å². The highest BCUT2D eigenvalue weighted by atomic mass is 79.9. The molecule has 17 heavy (non-hydrogen) atoms. The summed E-state index contributed by atoms with van der Waals surface area (Å²) in [6.45, 7) is 3.50. The summed E-state index contributed by atoms with van der Waals surface area (Å²) in [5.41, 5.74) is 6.46. The van der Waals surface area contributed by atoms with E-state index in [0.29, 0.717) is 22.1 Å². The van der Waals surface area contributed by atoms with Crippen LogP contribution in [-0.4, -0.2) is 28.1 Å². The fraction of sp³-hybridized carbons (Fsp3) is 0.455. The van der Waals surface area contributed by atoms with Gasteiger partial charge in [-0.05, 0) is 36.2 Å². The lowest BCUT2D eigenvalue weighted by atomic mass is 10.1. The van der Waals surface area contributed by atoms with E-state index < -0.39 is 6.10 Å². The van der Waals surface area contributed by atoms with Crippen molar-refractivity contribution < 1.29 is 9.90 Å². The Kier molecular flexibility index (Phi) is 4.89. The number of rotatable bonds is 4. The Labute approximate surface area is 109 Å². The van der Waals surface area contributed by atoms with Gasteiger partial charge < -0.3 is 16.2 Å². The summed E-state index contributed by atoms with van der Waals surface area (Å²) in [7, 11) is 0. The smallest absolute Gasteiger partial charge is 0.255 e. The van der Waals surface area contributed by atoms with Crippen molar-refractivity contribution in [2.45, 2.75) is 32.4 Å². The van der Waals surface area contributed by atoms with Crippen LogP contribution in [0.3, 0.4) is 0 Å². The van der Waals surface area contributed by atoms with Gasteiger partial charge in [-0.15, -0.1) is 0 Å². The first-order chi connectivity index (χ1) is 7.91. The van der Waals surface area contributed by atoms with E-state index in [0.717, 1.165) is 0 Å². The third-order valence-corrected chi connectivity index (χ3v) is 2.89. The third kappa shape index (κ3) is 3.98. The maximum Gasteiger partial charge on any atom is 0.255 e. The fourth-order valence-electron chi connectivity index (χ4n) is 1.50. The highest BCUT2D eigenvalue weighted by Crippen LogP contribution is 2.21. The predicted octanol–water partition coefficient (Wildman–Crippen LogP) is 1.32. The van der Waals surface area contributed by atoms with E-state index >= 15 is 0 Å². The number of hydrogen-bond acceptors (Lipinski definition) is 4. The van der Waals surface area contributed by atoms with Crippen molar-refractivity contribution in [3.8, 4) is 0 Å². The molecule has 0 spiro atoms. The molecule has 1 heterocycles. The van der Waals surface area contributed by atoms with E-state index in [-0.39, 0.29) is 11.9 Å². The third-order valence-electron chi connectivity index (χ3n) is 2.26. The number of nitrogens with one attached hydrogen (secondary N) is 1. The van der Waals surface area contributed by atoms with Crippen LogP contribution in [-0.2, 0) is 0 Å². The van der Waals surface area contributed by atoms with Crippen molar-refractivity contribution in [3.63, 3.8) is 0 Å². The van der Waals surface area contributed by atoms with Gasteiger partial charge in [-0.3, -0.25) is 9.78 Å². The van der Waals surface area contributed by atoms with Crippen LogP contribution in [0.4, 0.5) is 5.69 Å². The number of hydrogen-bond donors (Lipinski definition) is 3. The zero-order valence-electron chi connectivity index (χ0n) is 9.77. The Morgan fingerprint density at radius 2 is 2.24 bits per heavy atom. The standard InChI is InChI=1S/C11H16BrN3O2/c1-6(3-7(2)16)15-11(17)8-4-14-5-9(12)10(8)13/h4-7,16H,3H2,1-2H3,(H2,13,14)(H,15,17). The molecule has 1 aromatic rings. The van der Waals surface area contributed by atoms with Crippen molar-refractivity contribution in [2.24, 2.45) is 0 Å². The second-order valence-corrected chi connectivity index (χ2v) is 4.90. The van der Waals surface area contributed by atoms with Crippen LogP contribution in [0.2, 0.25) is 0 Å². The first-order valence-corrected chi connectivity index (χ1v) is 6.09. The van der Waals surface area contributed by atoms with E-state index in [1.165, 1.54) is 12.4 Å². The van der Waals surface area contributed by atoms with Gasteiger partial charge in [0.2, 0.25) is 0 Å². The Morgan fingerprint density at radius 3 is 2.82 bits per heavy atom. The number of aromatic nitrogens is 1. The minimum Gasteiger partial charge on any atom is -0.397 e. The van der Waals surface area contributed by atoms with Gasteiger partial charge in [-0.1, -0.05) is 0 Å². The number of aliphatic hydroxyl groups is 1. The molecule has 2 unspecified atom stereocenters. The molecule has 2 atom stereocenters. The molecular weight excluding hydrogens is 286 g/mol. The Morgan fingerprint density at radius 1 is 1.59 bits per heavy atom. The maximum atomic E-state index is 11.9. The number of nitrogens with zero attached hydrogens (tertiary/aromatic N) is 1. The molecule has 0 aliphatic rings. The molecule has 0 aliphatic heterocycles. The zero-order chi connectivity index (χ0) is 13.0. The predicted molar refractivity (Wildman–Crippen MR) is 69.6 cm³/mol. The molecule has 0 radical (unpaired) electrons. The molecule has 0 saturated carbocycles. The van der Waals surface area contributed by atoms with E-state index in [1.807, 2.05) is 6.92 Å². The van der Waals surface area contributed by atoms with Crippen molar-refractivity contribution in [2.75, 3.05) is 5.73 Å². The summed E-state index contributed by atoms with van der Waals surface area (Å²) in [6.07, 6.45) is 2.99. The molecule has 0 bridgehead atoms. The Balaban J connectivity index is 2.73. The molecule has 4 N–H and O–H groups in total. The van der Waals surface area contributed by atoms with E-state index in [1.54, 1.807) is 6.92 Å². The SMILES string of the molecule is CC(O)CC(C)NC(=O)c1cncc(Br)c1N. The minimum atomic E-state index is -0.455.